The maximum atomic E-state index is 11.9. The molecule has 0 saturated heterocycles. The predicted molar refractivity (Wildman–Crippen MR) is 68.8 cm³/mol. The second-order valence-electron chi connectivity index (χ2n) is 3.75. The molecule has 3 rings (SSSR count). The summed E-state index contributed by atoms with van der Waals surface area (Å²) in [5.74, 6) is 0.220. The van der Waals surface area contributed by atoms with Crippen LogP contribution in [0.3, 0.4) is 0 Å². The fourth-order valence-corrected chi connectivity index (χ4v) is 2.31. The molecular formula is C12H9N3O2S. The van der Waals surface area contributed by atoms with Crippen LogP contribution in [0.1, 0.15) is 16.2 Å². The molecule has 2 aromatic heterocycles. The van der Waals surface area contributed by atoms with Crippen molar-refractivity contribution >= 4 is 33.1 Å². The maximum Gasteiger partial charge on any atom is 0.277 e. The molecule has 1 N–H and O–H groups in total. The molecule has 0 unspecified atom stereocenters. The van der Waals surface area contributed by atoms with Gasteiger partial charge in [0, 0.05) is 5.69 Å². The maximum absolute atomic E-state index is 11.9. The summed E-state index contributed by atoms with van der Waals surface area (Å²) in [7, 11) is 0. The molecule has 2 heterocycles. The minimum absolute atomic E-state index is 0.282. The van der Waals surface area contributed by atoms with Crippen molar-refractivity contribution in [1.82, 2.24) is 9.97 Å². The van der Waals surface area contributed by atoms with Gasteiger partial charge in [0.1, 0.15) is 5.76 Å². The second kappa shape index (κ2) is 4.23. The zero-order valence-corrected chi connectivity index (χ0v) is 10.3. The highest BCUT2D eigenvalue weighted by atomic mass is 32.1. The zero-order chi connectivity index (χ0) is 12.5. The number of nitrogens with zero attached hydrogens (tertiary/aromatic N) is 2. The molecule has 1 amide bonds. The van der Waals surface area contributed by atoms with Crippen molar-refractivity contribution in [3.05, 3.63) is 41.6 Å². The number of carbonyl (C=O) groups excluding carboxylic acids is 1. The van der Waals surface area contributed by atoms with Gasteiger partial charge in [0.05, 0.1) is 15.7 Å². The van der Waals surface area contributed by atoms with Gasteiger partial charge >= 0.3 is 0 Å². The van der Waals surface area contributed by atoms with Crippen molar-refractivity contribution in [2.45, 2.75) is 6.92 Å². The molecule has 0 aliphatic heterocycles. The Hall–Kier alpha value is -2.21. The van der Waals surface area contributed by atoms with Gasteiger partial charge in [-0.05, 0) is 25.1 Å². The molecule has 0 radical (unpaired) electrons. The zero-order valence-electron chi connectivity index (χ0n) is 9.51. The highest BCUT2D eigenvalue weighted by Gasteiger charge is 2.13. The lowest BCUT2D eigenvalue weighted by Gasteiger charge is -2.03. The van der Waals surface area contributed by atoms with Crippen molar-refractivity contribution in [3.8, 4) is 0 Å². The highest BCUT2D eigenvalue weighted by molar-refractivity contribution is 7.16. The van der Waals surface area contributed by atoms with Crippen LogP contribution in [0.2, 0.25) is 0 Å². The Labute approximate surface area is 106 Å². The monoisotopic (exact) mass is 259 g/mol. The Kier molecular flexibility index (Phi) is 2.56. The molecule has 0 aliphatic rings. The fraction of sp³-hybridized carbons (Fsp3) is 0.0833. The van der Waals surface area contributed by atoms with Crippen molar-refractivity contribution in [1.29, 1.82) is 0 Å². The Balaban J connectivity index is 1.88. The number of benzene rings is 1. The lowest BCUT2D eigenvalue weighted by atomic mass is 10.2. The van der Waals surface area contributed by atoms with Crippen molar-refractivity contribution in [3.63, 3.8) is 0 Å². The molecular weight excluding hydrogens is 250 g/mol. The third-order valence-electron chi connectivity index (χ3n) is 2.55. The van der Waals surface area contributed by atoms with Crippen LogP contribution >= 0.6 is 11.3 Å². The van der Waals surface area contributed by atoms with Gasteiger partial charge in [-0.3, -0.25) is 4.79 Å². The van der Waals surface area contributed by atoms with E-state index in [9.17, 15) is 4.79 Å². The number of anilines is 1. The van der Waals surface area contributed by atoms with Crippen molar-refractivity contribution in [2.24, 2.45) is 0 Å². The third-order valence-corrected chi connectivity index (χ3v) is 3.36. The molecule has 0 spiro atoms. The first-order chi connectivity index (χ1) is 8.74. The number of aromatic nitrogens is 2. The first-order valence-corrected chi connectivity index (χ1v) is 6.17. The Bertz CT molecular complexity index is 717. The van der Waals surface area contributed by atoms with E-state index in [1.807, 2.05) is 18.2 Å². The number of thiazole rings is 1. The van der Waals surface area contributed by atoms with Crippen LogP contribution in [-0.2, 0) is 0 Å². The molecule has 0 fully saturated rings. The Morgan fingerprint density at radius 2 is 2.28 bits per heavy atom. The summed E-state index contributed by atoms with van der Waals surface area (Å²) >= 11 is 1.56. The van der Waals surface area contributed by atoms with E-state index in [0.717, 1.165) is 10.2 Å². The lowest BCUT2D eigenvalue weighted by molar-refractivity contribution is 0.102. The number of rotatable bonds is 2. The quantitative estimate of drug-likeness (QED) is 0.768. The lowest BCUT2D eigenvalue weighted by Crippen LogP contribution is -2.13. The molecule has 0 aliphatic carbocycles. The van der Waals surface area contributed by atoms with Gasteiger partial charge in [0.2, 0.25) is 0 Å². The van der Waals surface area contributed by atoms with E-state index in [4.69, 9.17) is 4.42 Å². The van der Waals surface area contributed by atoms with E-state index in [2.05, 4.69) is 15.3 Å². The molecule has 1 aromatic carbocycles. The summed E-state index contributed by atoms with van der Waals surface area (Å²) in [5, 5.41) is 2.77. The number of hydrogen-bond acceptors (Lipinski definition) is 5. The van der Waals surface area contributed by atoms with E-state index in [1.165, 1.54) is 6.39 Å². The summed E-state index contributed by atoms with van der Waals surface area (Å²) in [6.07, 6.45) is 1.26. The van der Waals surface area contributed by atoms with Gasteiger partial charge < -0.3 is 9.73 Å². The number of aryl methyl sites for hydroxylation is 1. The first-order valence-electron chi connectivity index (χ1n) is 5.29. The predicted octanol–water partition coefficient (Wildman–Crippen LogP) is 2.85. The molecule has 18 heavy (non-hydrogen) atoms. The molecule has 5 nitrogen and oxygen atoms in total. The number of fused-ring (bicyclic) bond motifs is 1. The van der Waals surface area contributed by atoms with Crippen molar-refractivity contribution < 1.29 is 9.21 Å². The van der Waals surface area contributed by atoms with Crippen LogP contribution in [0.4, 0.5) is 5.69 Å². The summed E-state index contributed by atoms with van der Waals surface area (Å²) in [4.78, 5) is 20.0. The van der Waals surface area contributed by atoms with Crippen LogP contribution in [-0.4, -0.2) is 15.9 Å². The topological polar surface area (TPSA) is 68.0 Å². The molecule has 90 valence electrons. The minimum atomic E-state index is -0.282. The number of hydrogen-bond donors (Lipinski definition) is 1. The van der Waals surface area contributed by atoms with Gasteiger partial charge in [0.15, 0.2) is 12.1 Å². The third kappa shape index (κ3) is 1.86. The van der Waals surface area contributed by atoms with E-state index >= 15 is 0 Å². The SMILES string of the molecule is Cc1ocnc1C(=O)Nc1ccc2scnc2c1. The van der Waals surface area contributed by atoms with Crippen molar-refractivity contribution in [2.75, 3.05) is 5.32 Å². The molecule has 0 bridgehead atoms. The molecule has 0 saturated carbocycles. The van der Waals surface area contributed by atoms with Gasteiger partial charge in [0.25, 0.3) is 5.91 Å². The largest absolute Gasteiger partial charge is 0.448 e. The Morgan fingerprint density at radius 1 is 1.39 bits per heavy atom. The van der Waals surface area contributed by atoms with Gasteiger partial charge in [-0.2, -0.15) is 0 Å². The van der Waals surface area contributed by atoms with Crippen LogP contribution in [0.15, 0.2) is 34.5 Å². The van der Waals surface area contributed by atoms with Crippen LogP contribution in [0.5, 0.6) is 0 Å². The van der Waals surface area contributed by atoms with E-state index in [0.29, 0.717) is 17.1 Å². The first kappa shape index (κ1) is 10.9. The summed E-state index contributed by atoms with van der Waals surface area (Å²) < 4.78 is 6.09. The standard InChI is InChI=1S/C12H9N3O2S/c1-7-11(13-5-17-7)12(16)15-8-2-3-10-9(4-8)14-6-18-10/h2-6H,1H3,(H,15,16). The minimum Gasteiger partial charge on any atom is -0.448 e. The van der Waals surface area contributed by atoms with E-state index in [1.54, 1.807) is 23.8 Å². The van der Waals surface area contributed by atoms with Gasteiger partial charge in [-0.1, -0.05) is 0 Å². The fourth-order valence-electron chi connectivity index (χ4n) is 1.65. The normalized spacial score (nSPS) is 10.7. The van der Waals surface area contributed by atoms with E-state index in [-0.39, 0.29) is 5.91 Å². The second-order valence-corrected chi connectivity index (χ2v) is 4.63. The number of nitrogens with one attached hydrogen (secondary N) is 1. The number of oxazole rings is 1. The van der Waals surface area contributed by atoms with Gasteiger partial charge in [-0.15, -0.1) is 11.3 Å². The summed E-state index contributed by atoms with van der Waals surface area (Å²) in [6, 6.07) is 5.60. The van der Waals surface area contributed by atoms with E-state index < -0.39 is 0 Å². The summed E-state index contributed by atoms with van der Waals surface area (Å²) in [5.41, 5.74) is 3.64. The molecule has 3 aromatic rings. The number of amides is 1. The average Bonchev–Trinajstić information content (AvgIpc) is 2.96. The van der Waals surface area contributed by atoms with Crippen LogP contribution in [0, 0.1) is 6.92 Å². The Morgan fingerprint density at radius 3 is 3.06 bits per heavy atom. The van der Waals surface area contributed by atoms with Gasteiger partial charge in [-0.25, -0.2) is 9.97 Å². The van der Waals surface area contributed by atoms with Crippen LogP contribution < -0.4 is 5.32 Å². The number of carbonyl (C=O) groups is 1. The summed E-state index contributed by atoms with van der Waals surface area (Å²) in [6.45, 7) is 1.70. The smallest absolute Gasteiger partial charge is 0.277 e. The highest BCUT2D eigenvalue weighted by Crippen LogP contribution is 2.21. The molecule has 6 heteroatoms. The van der Waals surface area contributed by atoms with Crippen LogP contribution in [0.25, 0.3) is 10.2 Å². The molecule has 0 atom stereocenters. The average molecular weight is 259 g/mol.